The first-order valence-corrected chi connectivity index (χ1v) is 11.2. The molecule has 8 heteroatoms. The van der Waals surface area contributed by atoms with Gasteiger partial charge in [0.15, 0.2) is 5.16 Å². The fourth-order valence-electron chi connectivity index (χ4n) is 3.24. The molecule has 0 unspecified atom stereocenters. The van der Waals surface area contributed by atoms with Crippen LogP contribution in [0.15, 0.2) is 87.8 Å². The number of carbonyl (C=O) groups excluding carboxylic acids is 1. The van der Waals surface area contributed by atoms with Crippen LogP contribution in [0.2, 0.25) is 0 Å². The number of hydrogen-bond acceptors (Lipinski definition) is 6. The number of ether oxygens (including phenoxy) is 1. The molecule has 0 spiro atoms. The molecule has 7 nitrogen and oxygen atoms in total. The van der Waals surface area contributed by atoms with E-state index in [0.29, 0.717) is 27.5 Å². The van der Waals surface area contributed by atoms with Gasteiger partial charge in [-0.2, -0.15) is 5.10 Å². The molecule has 0 atom stereocenters. The van der Waals surface area contributed by atoms with Crippen molar-refractivity contribution in [3.8, 4) is 11.4 Å². The van der Waals surface area contributed by atoms with E-state index in [4.69, 9.17) is 4.74 Å². The van der Waals surface area contributed by atoms with Crippen molar-refractivity contribution in [1.29, 1.82) is 0 Å². The molecule has 0 saturated heterocycles. The lowest BCUT2D eigenvalue weighted by atomic mass is 10.2. The van der Waals surface area contributed by atoms with Crippen LogP contribution in [0, 0.1) is 6.92 Å². The Morgan fingerprint density at radius 2 is 1.82 bits per heavy atom. The number of nitrogens with one attached hydrogen (secondary N) is 1. The lowest BCUT2D eigenvalue weighted by molar-refractivity contribution is -0.118. The average molecular weight is 459 g/mol. The summed E-state index contributed by atoms with van der Waals surface area (Å²) in [6.07, 6.45) is 1.53. The van der Waals surface area contributed by atoms with E-state index in [1.54, 1.807) is 19.2 Å². The number of nitrogens with zero attached hydrogens (tertiary/aromatic N) is 3. The number of hydrazone groups is 1. The molecule has 1 heterocycles. The summed E-state index contributed by atoms with van der Waals surface area (Å²) in [6.45, 7) is 1.98. The number of aromatic nitrogens is 2. The van der Waals surface area contributed by atoms with Crippen molar-refractivity contribution in [1.82, 2.24) is 15.0 Å². The smallest absolute Gasteiger partial charge is 0.266 e. The molecule has 0 radical (unpaired) electrons. The lowest BCUT2D eigenvalue weighted by Gasteiger charge is -2.13. The van der Waals surface area contributed by atoms with Crippen LogP contribution in [0.25, 0.3) is 16.6 Å². The normalized spacial score (nSPS) is 11.1. The van der Waals surface area contributed by atoms with Crippen molar-refractivity contribution in [3.63, 3.8) is 0 Å². The number of para-hydroxylation sites is 2. The average Bonchev–Trinajstić information content (AvgIpc) is 2.84. The third kappa shape index (κ3) is 5.12. The van der Waals surface area contributed by atoms with Crippen LogP contribution in [0.4, 0.5) is 0 Å². The molecule has 3 aromatic carbocycles. The number of hydrogen-bond donors (Lipinski definition) is 1. The third-order valence-electron chi connectivity index (χ3n) is 4.90. The molecule has 166 valence electrons. The Morgan fingerprint density at radius 1 is 1.09 bits per heavy atom. The molecule has 0 bridgehead atoms. The van der Waals surface area contributed by atoms with Gasteiger partial charge in [0.2, 0.25) is 0 Å². The summed E-state index contributed by atoms with van der Waals surface area (Å²) in [5.41, 5.74) is 5.45. The first-order chi connectivity index (χ1) is 16.1. The second kappa shape index (κ2) is 10.1. The van der Waals surface area contributed by atoms with Crippen molar-refractivity contribution in [2.45, 2.75) is 12.1 Å². The van der Waals surface area contributed by atoms with Crippen molar-refractivity contribution in [2.24, 2.45) is 5.10 Å². The molecule has 33 heavy (non-hydrogen) atoms. The van der Waals surface area contributed by atoms with Gasteiger partial charge in [-0.25, -0.2) is 10.4 Å². The maximum absolute atomic E-state index is 13.2. The Morgan fingerprint density at radius 3 is 2.61 bits per heavy atom. The number of methoxy groups -OCH3 is 1. The topological polar surface area (TPSA) is 85.6 Å². The highest BCUT2D eigenvalue weighted by Gasteiger charge is 2.14. The number of aryl methyl sites for hydroxylation is 1. The Labute approximate surface area is 195 Å². The molecule has 0 saturated carbocycles. The summed E-state index contributed by atoms with van der Waals surface area (Å²) in [5, 5.41) is 4.97. The standard InChI is InChI=1S/C25H22N4O3S/c1-17-11-13-19(14-12-17)29-24(31)20-8-4-5-9-21(20)27-25(29)33-16-23(30)28-26-15-18-7-3-6-10-22(18)32-2/h3-15H,16H2,1-2H3,(H,28,30)/b26-15+. The lowest BCUT2D eigenvalue weighted by Crippen LogP contribution is -2.24. The van der Waals surface area contributed by atoms with Gasteiger partial charge in [0.05, 0.1) is 35.7 Å². The molecule has 1 aromatic heterocycles. The van der Waals surface area contributed by atoms with E-state index >= 15 is 0 Å². The molecule has 0 fully saturated rings. The highest BCUT2D eigenvalue weighted by Crippen LogP contribution is 2.21. The number of carbonyl (C=O) groups is 1. The zero-order valence-electron chi connectivity index (χ0n) is 18.2. The monoisotopic (exact) mass is 458 g/mol. The molecule has 4 rings (SSSR count). The van der Waals surface area contributed by atoms with Crippen LogP contribution in [-0.2, 0) is 4.79 Å². The summed E-state index contributed by atoms with van der Waals surface area (Å²) in [6, 6.07) is 22.2. The molecule has 0 aliphatic heterocycles. The third-order valence-corrected chi connectivity index (χ3v) is 5.84. The Balaban J connectivity index is 1.56. The first-order valence-electron chi connectivity index (χ1n) is 10.2. The van der Waals surface area contributed by atoms with Crippen LogP contribution in [0.5, 0.6) is 5.75 Å². The van der Waals surface area contributed by atoms with Gasteiger partial charge in [-0.1, -0.05) is 53.7 Å². The van der Waals surface area contributed by atoms with Crippen LogP contribution in [0.3, 0.4) is 0 Å². The number of amides is 1. The van der Waals surface area contributed by atoms with Crippen LogP contribution < -0.4 is 15.7 Å². The van der Waals surface area contributed by atoms with Crippen LogP contribution >= 0.6 is 11.8 Å². The van der Waals surface area contributed by atoms with Crippen molar-refractivity contribution >= 4 is 34.8 Å². The molecular formula is C25H22N4O3S. The Hall–Kier alpha value is -3.91. The summed E-state index contributed by atoms with van der Waals surface area (Å²) >= 11 is 1.18. The molecule has 0 aliphatic carbocycles. The van der Waals surface area contributed by atoms with Crippen molar-refractivity contribution in [3.05, 3.63) is 94.3 Å². The van der Waals surface area contributed by atoms with E-state index in [-0.39, 0.29) is 17.2 Å². The van der Waals surface area contributed by atoms with Gasteiger partial charge in [-0.05, 0) is 43.3 Å². The SMILES string of the molecule is COc1ccccc1/C=N/NC(=O)CSc1nc2ccccc2c(=O)n1-c1ccc(C)cc1. The minimum Gasteiger partial charge on any atom is -0.496 e. The molecule has 1 N–H and O–H groups in total. The van der Waals surface area contributed by atoms with E-state index in [0.717, 1.165) is 11.1 Å². The fourth-order valence-corrected chi connectivity index (χ4v) is 4.05. The second-order valence-corrected chi connectivity index (χ2v) is 8.15. The Bertz CT molecular complexity index is 1380. The zero-order chi connectivity index (χ0) is 23.2. The van der Waals surface area contributed by atoms with Gasteiger partial charge in [0, 0.05) is 5.56 Å². The summed E-state index contributed by atoms with van der Waals surface area (Å²) in [4.78, 5) is 30.3. The van der Waals surface area contributed by atoms with E-state index in [1.807, 2.05) is 67.6 Å². The highest BCUT2D eigenvalue weighted by atomic mass is 32.2. The quantitative estimate of drug-likeness (QED) is 0.196. The van der Waals surface area contributed by atoms with Gasteiger partial charge in [-0.3, -0.25) is 14.2 Å². The summed E-state index contributed by atoms with van der Waals surface area (Å²) in [7, 11) is 1.58. The van der Waals surface area contributed by atoms with Gasteiger partial charge >= 0.3 is 0 Å². The van der Waals surface area contributed by atoms with Crippen LogP contribution in [0.1, 0.15) is 11.1 Å². The molecule has 0 aliphatic rings. The maximum atomic E-state index is 13.2. The maximum Gasteiger partial charge on any atom is 0.266 e. The summed E-state index contributed by atoms with van der Waals surface area (Å²) < 4.78 is 6.81. The predicted molar refractivity (Wildman–Crippen MR) is 132 cm³/mol. The van der Waals surface area contributed by atoms with Crippen LogP contribution in [-0.4, -0.2) is 34.5 Å². The molecule has 4 aromatic rings. The van der Waals surface area contributed by atoms with Crippen molar-refractivity contribution in [2.75, 3.05) is 12.9 Å². The number of fused-ring (bicyclic) bond motifs is 1. The van der Waals surface area contributed by atoms with Gasteiger partial charge < -0.3 is 4.74 Å². The number of thioether (sulfide) groups is 1. The van der Waals surface area contributed by atoms with E-state index in [2.05, 4.69) is 15.5 Å². The van der Waals surface area contributed by atoms with E-state index in [9.17, 15) is 9.59 Å². The number of rotatable bonds is 7. The minimum absolute atomic E-state index is 0.0416. The molecule has 1 amide bonds. The largest absolute Gasteiger partial charge is 0.496 e. The zero-order valence-corrected chi connectivity index (χ0v) is 19.0. The van der Waals surface area contributed by atoms with Gasteiger partial charge in [0.1, 0.15) is 5.75 Å². The minimum atomic E-state index is -0.316. The molecular weight excluding hydrogens is 436 g/mol. The Kier molecular flexibility index (Phi) is 6.85. The van der Waals surface area contributed by atoms with Gasteiger partial charge in [-0.15, -0.1) is 0 Å². The van der Waals surface area contributed by atoms with Gasteiger partial charge in [0.25, 0.3) is 11.5 Å². The van der Waals surface area contributed by atoms with E-state index in [1.165, 1.54) is 22.5 Å². The highest BCUT2D eigenvalue weighted by molar-refractivity contribution is 7.99. The summed E-state index contributed by atoms with van der Waals surface area (Å²) in [5.74, 6) is 0.385. The predicted octanol–water partition coefficient (Wildman–Crippen LogP) is 3.95. The van der Waals surface area contributed by atoms with E-state index < -0.39 is 0 Å². The fraction of sp³-hybridized carbons (Fsp3) is 0.120. The second-order valence-electron chi connectivity index (χ2n) is 7.21. The number of benzene rings is 3. The first kappa shape index (κ1) is 22.3. The van der Waals surface area contributed by atoms with Crippen molar-refractivity contribution < 1.29 is 9.53 Å².